The number of rotatable bonds is 8. The number of benzene rings is 2. The lowest BCUT2D eigenvalue weighted by Gasteiger charge is -2.21. The molecule has 1 N–H and O–H groups in total. The van der Waals surface area contributed by atoms with Gasteiger partial charge in [-0.1, -0.05) is 49.2 Å². The highest BCUT2D eigenvalue weighted by atomic mass is 16.5. The maximum atomic E-state index is 10.7. The number of ether oxygens (including phenoxy) is 1. The molecular formula is C26H32O3. The first-order valence-electron chi connectivity index (χ1n) is 10.8. The lowest BCUT2D eigenvalue weighted by atomic mass is 9.87. The van der Waals surface area contributed by atoms with Crippen molar-refractivity contribution in [1.29, 1.82) is 0 Å². The molecule has 29 heavy (non-hydrogen) atoms. The highest BCUT2D eigenvalue weighted by Gasteiger charge is 2.14. The normalized spacial score (nSPS) is 14.9. The number of hydrogen-bond donors (Lipinski definition) is 1. The van der Waals surface area contributed by atoms with E-state index in [1.165, 1.54) is 48.0 Å². The smallest absolute Gasteiger partial charge is 0.303 e. The lowest BCUT2D eigenvalue weighted by Crippen LogP contribution is -2.07. The summed E-state index contributed by atoms with van der Waals surface area (Å²) in [5.41, 5.74) is 6.79. The SMILES string of the molecule is Cc1ccccc1C1=C(COc2ccc(CCCC(=O)O)cc2)CCCCCC1. The first-order chi connectivity index (χ1) is 14.1. The van der Waals surface area contributed by atoms with Crippen molar-refractivity contribution >= 4 is 11.5 Å². The van der Waals surface area contributed by atoms with E-state index in [-0.39, 0.29) is 6.42 Å². The lowest BCUT2D eigenvalue weighted by molar-refractivity contribution is -0.137. The molecule has 0 saturated heterocycles. The molecule has 2 aromatic carbocycles. The van der Waals surface area contributed by atoms with Crippen molar-refractivity contribution in [3.8, 4) is 5.75 Å². The summed E-state index contributed by atoms with van der Waals surface area (Å²) in [6, 6.07) is 16.8. The molecule has 0 aromatic heterocycles. The van der Waals surface area contributed by atoms with E-state index in [0.717, 1.165) is 30.6 Å². The van der Waals surface area contributed by atoms with Crippen molar-refractivity contribution in [3.05, 3.63) is 70.8 Å². The first-order valence-corrected chi connectivity index (χ1v) is 10.8. The van der Waals surface area contributed by atoms with E-state index in [0.29, 0.717) is 13.0 Å². The van der Waals surface area contributed by atoms with Crippen LogP contribution in [-0.2, 0) is 11.2 Å². The van der Waals surface area contributed by atoms with Gasteiger partial charge in [0.15, 0.2) is 0 Å². The monoisotopic (exact) mass is 392 g/mol. The molecule has 1 aliphatic rings. The van der Waals surface area contributed by atoms with Crippen molar-refractivity contribution in [3.63, 3.8) is 0 Å². The van der Waals surface area contributed by atoms with Crippen LogP contribution >= 0.6 is 0 Å². The summed E-state index contributed by atoms with van der Waals surface area (Å²) in [7, 11) is 0. The van der Waals surface area contributed by atoms with Gasteiger partial charge in [0.2, 0.25) is 0 Å². The number of carbonyl (C=O) groups is 1. The Morgan fingerprint density at radius 2 is 1.69 bits per heavy atom. The second-order valence-corrected chi connectivity index (χ2v) is 7.99. The van der Waals surface area contributed by atoms with Crippen LogP contribution in [-0.4, -0.2) is 17.7 Å². The van der Waals surface area contributed by atoms with Crippen LogP contribution in [0, 0.1) is 6.92 Å². The zero-order chi connectivity index (χ0) is 20.5. The number of aryl methyl sites for hydroxylation is 2. The van der Waals surface area contributed by atoms with Crippen LogP contribution in [0.15, 0.2) is 54.1 Å². The fraction of sp³-hybridized carbons (Fsp3) is 0.423. The fourth-order valence-corrected chi connectivity index (χ4v) is 4.08. The van der Waals surface area contributed by atoms with Crippen molar-refractivity contribution in [1.82, 2.24) is 0 Å². The molecule has 0 atom stereocenters. The van der Waals surface area contributed by atoms with Gasteiger partial charge in [-0.05, 0) is 85.4 Å². The Labute approximate surface area is 174 Å². The summed E-state index contributed by atoms with van der Waals surface area (Å²) in [6.45, 7) is 2.84. The molecule has 0 saturated carbocycles. The molecule has 0 unspecified atom stereocenters. The van der Waals surface area contributed by atoms with Gasteiger partial charge in [-0.2, -0.15) is 0 Å². The molecule has 0 bridgehead atoms. The third-order valence-corrected chi connectivity index (χ3v) is 5.74. The summed E-state index contributed by atoms with van der Waals surface area (Å²) in [5.74, 6) is 0.146. The fourth-order valence-electron chi connectivity index (χ4n) is 4.08. The zero-order valence-electron chi connectivity index (χ0n) is 17.5. The molecule has 0 amide bonds. The Morgan fingerprint density at radius 3 is 2.41 bits per heavy atom. The zero-order valence-corrected chi connectivity index (χ0v) is 17.5. The number of allylic oxidation sites excluding steroid dienone is 1. The average molecular weight is 393 g/mol. The number of hydrogen-bond acceptors (Lipinski definition) is 2. The van der Waals surface area contributed by atoms with Crippen molar-refractivity contribution < 1.29 is 14.6 Å². The summed E-state index contributed by atoms with van der Waals surface area (Å²) < 4.78 is 6.18. The Balaban J connectivity index is 1.69. The van der Waals surface area contributed by atoms with Crippen LogP contribution in [0.2, 0.25) is 0 Å². The Bertz CT molecular complexity index is 833. The van der Waals surface area contributed by atoms with E-state index in [1.807, 2.05) is 24.3 Å². The molecule has 3 rings (SSSR count). The van der Waals surface area contributed by atoms with Crippen LogP contribution < -0.4 is 4.74 Å². The molecule has 0 heterocycles. The van der Waals surface area contributed by atoms with Gasteiger partial charge in [0.1, 0.15) is 12.4 Å². The van der Waals surface area contributed by atoms with E-state index in [4.69, 9.17) is 9.84 Å². The summed E-state index contributed by atoms with van der Waals surface area (Å²) in [4.78, 5) is 10.7. The molecule has 154 valence electrons. The van der Waals surface area contributed by atoms with Gasteiger partial charge >= 0.3 is 5.97 Å². The van der Waals surface area contributed by atoms with Crippen LogP contribution in [0.25, 0.3) is 5.57 Å². The minimum Gasteiger partial charge on any atom is -0.489 e. The standard InChI is InChI=1S/C26H32O3/c1-20-9-6-7-12-24(20)25-13-5-3-2-4-11-22(25)19-29-23-17-15-21(16-18-23)10-8-14-26(27)28/h6-7,9,12,15-18H,2-5,8,10-11,13-14,19H2,1H3,(H,27,28). The number of aliphatic carboxylic acids is 1. The van der Waals surface area contributed by atoms with E-state index in [2.05, 4.69) is 31.2 Å². The van der Waals surface area contributed by atoms with Crippen molar-refractivity contribution in [2.24, 2.45) is 0 Å². The largest absolute Gasteiger partial charge is 0.489 e. The topological polar surface area (TPSA) is 46.5 Å². The van der Waals surface area contributed by atoms with Crippen LogP contribution in [0.1, 0.15) is 68.1 Å². The predicted octanol–water partition coefficient (Wildman–Crippen LogP) is 6.59. The van der Waals surface area contributed by atoms with Gasteiger partial charge in [-0.3, -0.25) is 4.79 Å². The molecule has 3 nitrogen and oxygen atoms in total. The van der Waals surface area contributed by atoms with Crippen molar-refractivity contribution in [2.45, 2.75) is 64.7 Å². The number of carboxylic acid groups (broad SMARTS) is 1. The van der Waals surface area contributed by atoms with Gasteiger partial charge in [0.25, 0.3) is 0 Å². The minimum absolute atomic E-state index is 0.216. The molecule has 1 aliphatic carbocycles. The predicted molar refractivity (Wildman–Crippen MR) is 118 cm³/mol. The molecule has 0 radical (unpaired) electrons. The van der Waals surface area contributed by atoms with E-state index in [9.17, 15) is 4.79 Å². The molecule has 2 aromatic rings. The van der Waals surface area contributed by atoms with Crippen LogP contribution in [0.5, 0.6) is 5.75 Å². The maximum absolute atomic E-state index is 10.7. The molecule has 0 spiro atoms. The maximum Gasteiger partial charge on any atom is 0.303 e. The highest BCUT2D eigenvalue weighted by molar-refractivity contribution is 5.71. The van der Waals surface area contributed by atoms with Gasteiger partial charge in [-0.15, -0.1) is 0 Å². The van der Waals surface area contributed by atoms with E-state index < -0.39 is 5.97 Å². The molecule has 0 aliphatic heterocycles. The second-order valence-electron chi connectivity index (χ2n) is 7.99. The number of carboxylic acids is 1. The van der Waals surface area contributed by atoms with Crippen molar-refractivity contribution in [2.75, 3.05) is 6.61 Å². The van der Waals surface area contributed by atoms with E-state index in [1.54, 1.807) is 0 Å². The third kappa shape index (κ3) is 6.49. The minimum atomic E-state index is -0.734. The molecule has 0 fully saturated rings. The Kier molecular flexibility index (Phi) is 7.92. The van der Waals surface area contributed by atoms with Gasteiger partial charge in [-0.25, -0.2) is 0 Å². The summed E-state index contributed by atoms with van der Waals surface area (Å²) in [6.07, 6.45) is 9.01. The molecule has 3 heteroatoms. The Hall–Kier alpha value is -2.55. The van der Waals surface area contributed by atoms with Crippen LogP contribution in [0.4, 0.5) is 0 Å². The van der Waals surface area contributed by atoms with Gasteiger partial charge in [0, 0.05) is 6.42 Å². The van der Waals surface area contributed by atoms with Crippen LogP contribution in [0.3, 0.4) is 0 Å². The summed E-state index contributed by atoms with van der Waals surface area (Å²) >= 11 is 0. The first kappa shape index (κ1) is 21.2. The molecular weight excluding hydrogens is 360 g/mol. The highest BCUT2D eigenvalue weighted by Crippen LogP contribution is 2.32. The second kappa shape index (κ2) is 10.8. The third-order valence-electron chi connectivity index (χ3n) is 5.74. The Morgan fingerprint density at radius 1 is 0.966 bits per heavy atom. The quantitative estimate of drug-likeness (QED) is 0.551. The van der Waals surface area contributed by atoms with Gasteiger partial charge < -0.3 is 9.84 Å². The van der Waals surface area contributed by atoms with Gasteiger partial charge in [0.05, 0.1) is 0 Å². The summed E-state index contributed by atoms with van der Waals surface area (Å²) in [5, 5.41) is 8.76. The average Bonchev–Trinajstić information content (AvgIpc) is 2.69. The van der Waals surface area contributed by atoms with E-state index >= 15 is 0 Å².